The Morgan fingerprint density at radius 1 is 1.26 bits per heavy atom. The van der Waals surface area contributed by atoms with E-state index in [2.05, 4.69) is 15.5 Å². The standard InChI is InChI=1S/C20H18N4O5S2/c1-2-27-19(26)17-14(15-6-4-8-29-15)10-30-18(17)22-16(25)11-31-20-23-21-12-24(20)9-13-5-3-7-28-13/h3-8,10,12H,2,9,11H2,1H3,(H,22,25). The van der Waals surface area contributed by atoms with Gasteiger partial charge in [0, 0.05) is 10.9 Å². The molecule has 0 fully saturated rings. The quantitative estimate of drug-likeness (QED) is 0.294. The van der Waals surface area contributed by atoms with E-state index >= 15 is 0 Å². The van der Waals surface area contributed by atoms with Gasteiger partial charge in [0.1, 0.15) is 28.4 Å². The van der Waals surface area contributed by atoms with Crippen LogP contribution in [0.3, 0.4) is 0 Å². The van der Waals surface area contributed by atoms with Gasteiger partial charge in [-0.25, -0.2) is 4.79 Å². The highest BCUT2D eigenvalue weighted by Crippen LogP contribution is 2.36. The summed E-state index contributed by atoms with van der Waals surface area (Å²) >= 11 is 2.48. The number of thioether (sulfide) groups is 1. The number of furan rings is 2. The molecule has 0 aromatic carbocycles. The van der Waals surface area contributed by atoms with Crippen LogP contribution in [0, 0.1) is 0 Å². The number of hydrogen-bond acceptors (Lipinski definition) is 9. The Bertz CT molecular complexity index is 1150. The monoisotopic (exact) mass is 458 g/mol. The van der Waals surface area contributed by atoms with Crippen molar-refractivity contribution in [3.05, 3.63) is 59.8 Å². The molecule has 0 unspecified atom stereocenters. The number of carbonyl (C=O) groups is 2. The molecule has 9 nitrogen and oxygen atoms in total. The summed E-state index contributed by atoms with van der Waals surface area (Å²) in [5, 5.41) is 13.5. The van der Waals surface area contributed by atoms with Crippen LogP contribution >= 0.6 is 23.1 Å². The van der Waals surface area contributed by atoms with Crippen LogP contribution in [0.4, 0.5) is 5.00 Å². The normalized spacial score (nSPS) is 10.9. The SMILES string of the molecule is CCOC(=O)c1c(-c2ccco2)csc1NC(=O)CSc1nncn1Cc1ccco1. The molecular weight excluding hydrogens is 440 g/mol. The van der Waals surface area contributed by atoms with Crippen molar-refractivity contribution in [2.24, 2.45) is 0 Å². The van der Waals surface area contributed by atoms with Gasteiger partial charge in [0.2, 0.25) is 5.91 Å². The molecule has 0 saturated carbocycles. The number of ether oxygens (including phenoxy) is 1. The third-order valence-corrected chi connectivity index (χ3v) is 6.01. The predicted octanol–water partition coefficient (Wildman–Crippen LogP) is 4.15. The maximum atomic E-state index is 12.6. The van der Waals surface area contributed by atoms with Crippen LogP contribution < -0.4 is 5.32 Å². The van der Waals surface area contributed by atoms with Crippen LogP contribution in [-0.4, -0.2) is 39.0 Å². The summed E-state index contributed by atoms with van der Waals surface area (Å²) in [7, 11) is 0. The molecule has 31 heavy (non-hydrogen) atoms. The van der Waals surface area contributed by atoms with Crippen molar-refractivity contribution in [1.29, 1.82) is 0 Å². The summed E-state index contributed by atoms with van der Waals surface area (Å²) in [5.41, 5.74) is 0.857. The molecule has 160 valence electrons. The van der Waals surface area contributed by atoms with E-state index in [1.165, 1.54) is 29.4 Å². The van der Waals surface area contributed by atoms with Crippen LogP contribution in [0.1, 0.15) is 23.0 Å². The molecule has 0 spiro atoms. The van der Waals surface area contributed by atoms with E-state index in [0.29, 0.717) is 28.0 Å². The van der Waals surface area contributed by atoms with Crippen LogP contribution in [0.25, 0.3) is 11.3 Å². The number of carbonyl (C=O) groups excluding carboxylic acids is 2. The Morgan fingerprint density at radius 2 is 2.10 bits per heavy atom. The molecule has 1 N–H and O–H groups in total. The zero-order chi connectivity index (χ0) is 21.6. The zero-order valence-corrected chi connectivity index (χ0v) is 18.1. The number of thiophene rings is 1. The van der Waals surface area contributed by atoms with Crippen molar-refractivity contribution in [3.8, 4) is 11.3 Å². The molecule has 4 aromatic heterocycles. The first-order valence-electron chi connectivity index (χ1n) is 9.31. The summed E-state index contributed by atoms with van der Waals surface area (Å²) in [6.45, 7) is 2.42. The molecule has 4 aromatic rings. The highest BCUT2D eigenvalue weighted by atomic mass is 32.2. The second-order valence-electron chi connectivity index (χ2n) is 6.21. The molecule has 0 atom stereocenters. The molecule has 0 radical (unpaired) electrons. The Morgan fingerprint density at radius 3 is 2.84 bits per heavy atom. The molecule has 0 aliphatic rings. The van der Waals surface area contributed by atoms with Crippen molar-refractivity contribution in [2.75, 3.05) is 17.7 Å². The van der Waals surface area contributed by atoms with Gasteiger partial charge in [0.15, 0.2) is 5.16 Å². The lowest BCUT2D eigenvalue weighted by atomic mass is 10.1. The molecule has 0 bridgehead atoms. The van der Waals surface area contributed by atoms with Gasteiger partial charge in [-0.1, -0.05) is 11.8 Å². The fourth-order valence-electron chi connectivity index (χ4n) is 2.80. The van der Waals surface area contributed by atoms with E-state index in [4.69, 9.17) is 13.6 Å². The van der Waals surface area contributed by atoms with E-state index < -0.39 is 5.97 Å². The van der Waals surface area contributed by atoms with E-state index in [9.17, 15) is 9.59 Å². The number of rotatable bonds is 9. The van der Waals surface area contributed by atoms with Crippen molar-refractivity contribution >= 4 is 40.0 Å². The number of esters is 1. The number of aromatic nitrogens is 3. The van der Waals surface area contributed by atoms with Gasteiger partial charge in [0.25, 0.3) is 0 Å². The van der Waals surface area contributed by atoms with Crippen LogP contribution in [-0.2, 0) is 16.1 Å². The first-order valence-corrected chi connectivity index (χ1v) is 11.2. The molecule has 4 rings (SSSR count). The van der Waals surface area contributed by atoms with Gasteiger partial charge in [-0.15, -0.1) is 21.5 Å². The maximum absolute atomic E-state index is 12.6. The lowest BCUT2D eigenvalue weighted by molar-refractivity contribution is -0.113. The van der Waals surface area contributed by atoms with Crippen LogP contribution in [0.15, 0.2) is 62.5 Å². The highest BCUT2D eigenvalue weighted by Gasteiger charge is 2.24. The van der Waals surface area contributed by atoms with Gasteiger partial charge in [-0.3, -0.25) is 4.79 Å². The second kappa shape index (κ2) is 9.67. The smallest absolute Gasteiger partial charge is 0.341 e. The van der Waals surface area contributed by atoms with Gasteiger partial charge < -0.3 is 23.5 Å². The maximum Gasteiger partial charge on any atom is 0.341 e. The highest BCUT2D eigenvalue weighted by molar-refractivity contribution is 7.99. The molecule has 0 saturated heterocycles. The fraction of sp³-hybridized carbons (Fsp3) is 0.200. The molecule has 1 amide bonds. The average Bonchev–Trinajstić information content (AvgIpc) is 3.54. The summed E-state index contributed by atoms with van der Waals surface area (Å²) in [6.07, 6.45) is 4.70. The lowest BCUT2D eigenvalue weighted by Gasteiger charge is -2.08. The minimum atomic E-state index is -0.517. The van der Waals surface area contributed by atoms with Gasteiger partial charge in [-0.2, -0.15) is 0 Å². The van der Waals surface area contributed by atoms with Crippen molar-refractivity contribution < 1.29 is 23.2 Å². The fourth-order valence-corrected chi connectivity index (χ4v) is 4.47. The van der Waals surface area contributed by atoms with Crippen molar-refractivity contribution in [1.82, 2.24) is 14.8 Å². The third kappa shape index (κ3) is 4.89. The minimum Gasteiger partial charge on any atom is -0.467 e. The number of amides is 1. The average molecular weight is 459 g/mol. The number of hydrogen-bond donors (Lipinski definition) is 1. The van der Waals surface area contributed by atoms with Crippen molar-refractivity contribution in [3.63, 3.8) is 0 Å². The summed E-state index contributed by atoms with van der Waals surface area (Å²) in [6, 6.07) is 7.14. The van der Waals surface area contributed by atoms with Crippen LogP contribution in [0.5, 0.6) is 0 Å². The van der Waals surface area contributed by atoms with Crippen LogP contribution in [0.2, 0.25) is 0 Å². The first-order chi connectivity index (χ1) is 15.2. The Labute approximate surface area is 185 Å². The summed E-state index contributed by atoms with van der Waals surface area (Å²) < 4.78 is 17.7. The van der Waals surface area contributed by atoms with E-state index in [1.807, 2.05) is 6.07 Å². The molecule has 0 aliphatic heterocycles. The van der Waals surface area contributed by atoms with Crippen molar-refractivity contribution in [2.45, 2.75) is 18.6 Å². The molecule has 0 aliphatic carbocycles. The van der Waals surface area contributed by atoms with Gasteiger partial charge in [-0.05, 0) is 31.2 Å². The van der Waals surface area contributed by atoms with E-state index in [-0.39, 0.29) is 23.8 Å². The molecule has 11 heteroatoms. The number of anilines is 1. The second-order valence-corrected chi connectivity index (χ2v) is 8.03. The number of nitrogens with zero attached hydrogens (tertiary/aromatic N) is 3. The minimum absolute atomic E-state index is 0.0904. The number of nitrogens with one attached hydrogen (secondary N) is 1. The van der Waals surface area contributed by atoms with Gasteiger partial charge >= 0.3 is 5.97 Å². The predicted molar refractivity (Wildman–Crippen MR) is 115 cm³/mol. The Hall–Kier alpha value is -3.31. The van der Waals surface area contributed by atoms with Gasteiger partial charge in [0.05, 0.1) is 31.4 Å². The summed E-state index contributed by atoms with van der Waals surface area (Å²) in [5.74, 6) is 0.578. The Kier molecular flexibility index (Phi) is 6.53. The zero-order valence-electron chi connectivity index (χ0n) is 16.4. The lowest BCUT2D eigenvalue weighted by Crippen LogP contribution is -2.16. The first kappa shape index (κ1) is 20.9. The Balaban J connectivity index is 1.45. The topological polar surface area (TPSA) is 112 Å². The third-order valence-electron chi connectivity index (χ3n) is 4.13. The van der Waals surface area contributed by atoms with E-state index in [0.717, 1.165) is 5.76 Å². The largest absolute Gasteiger partial charge is 0.467 e. The van der Waals surface area contributed by atoms with E-state index in [1.54, 1.807) is 47.7 Å². The summed E-state index contributed by atoms with van der Waals surface area (Å²) in [4.78, 5) is 25.1. The molecular formula is C20H18N4O5S2. The molecule has 4 heterocycles.